The maximum absolute atomic E-state index is 12.9. The third-order valence-electron chi connectivity index (χ3n) is 7.34. The number of nitrogens with one attached hydrogen (secondary N) is 5. The lowest BCUT2D eigenvalue weighted by Gasteiger charge is -2.32. The van der Waals surface area contributed by atoms with Gasteiger partial charge in [0.2, 0.25) is 29.5 Å². The first-order valence-electron chi connectivity index (χ1n) is 15.2. The van der Waals surface area contributed by atoms with Crippen LogP contribution in [0.25, 0.3) is 0 Å². The van der Waals surface area contributed by atoms with E-state index in [9.17, 15) is 38.4 Å². The number of carbonyl (C=O) groups is 8. The highest BCUT2D eigenvalue weighted by atomic mass is 16.5. The van der Waals surface area contributed by atoms with Gasteiger partial charge in [-0.3, -0.25) is 38.5 Å². The van der Waals surface area contributed by atoms with Crippen molar-refractivity contribution in [2.75, 3.05) is 39.5 Å². The summed E-state index contributed by atoms with van der Waals surface area (Å²) in [5.74, 6) is -5.00. The fraction of sp³-hybridized carbons (Fsp3) is 0.500. The van der Waals surface area contributed by atoms with Crippen molar-refractivity contribution in [3.63, 3.8) is 0 Å². The van der Waals surface area contributed by atoms with Gasteiger partial charge in [-0.15, -0.1) is 0 Å². The van der Waals surface area contributed by atoms with Crippen molar-refractivity contribution in [1.29, 1.82) is 0 Å². The van der Waals surface area contributed by atoms with Crippen LogP contribution in [0.5, 0.6) is 0 Å². The second kappa shape index (κ2) is 18.3. The molecular weight excluding hydrogens is 628 g/mol. The molecule has 0 radical (unpaired) electrons. The van der Waals surface area contributed by atoms with Crippen molar-refractivity contribution in [2.45, 2.75) is 53.0 Å². The van der Waals surface area contributed by atoms with Gasteiger partial charge in [-0.25, -0.2) is 4.79 Å². The van der Waals surface area contributed by atoms with Gasteiger partial charge in [0.15, 0.2) is 0 Å². The first-order chi connectivity index (χ1) is 22.5. The van der Waals surface area contributed by atoms with E-state index in [1.807, 2.05) is 13.8 Å². The summed E-state index contributed by atoms with van der Waals surface area (Å²) in [4.78, 5) is 98.3. The predicted octanol–water partition coefficient (Wildman–Crippen LogP) is -1.00. The molecule has 0 spiro atoms. The van der Waals surface area contributed by atoms with E-state index >= 15 is 0 Å². The van der Waals surface area contributed by atoms with Crippen LogP contribution in [0.3, 0.4) is 0 Å². The van der Waals surface area contributed by atoms with Gasteiger partial charge in [-0.2, -0.15) is 0 Å². The third kappa shape index (κ3) is 14.1. The normalized spacial score (nSPS) is 13.5. The molecule has 6 N–H and O–H groups in total. The Kier molecular flexibility index (Phi) is 14.9. The van der Waals surface area contributed by atoms with Crippen LogP contribution in [0.4, 0.5) is 0 Å². The molecule has 1 aromatic carbocycles. The van der Waals surface area contributed by atoms with E-state index in [0.29, 0.717) is 12.8 Å². The summed E-state index contributed by atoms with van der Waals surface area (Å²) in [6.07, 6.45) is 3.45. The van der Waals surface area contributed by atoms with Crippen LogP contribution in [0.1, 0.15) is 46.1 Å². The van der Waals surface area contributed by atoms with E-state index in [4.69, 9.17) is 9.84 Å². The highest BCUT2D eigenvalue weighted by molar-refractivity contribution is 6.12. The van der Waals surface area contributed by atoms with Crippen LogP contribution in [-0.2, 0) is 49.5 Å². The molecule has 0 aliphatic carbocycles. The summed E-state index contributed by atoms with van der Waals surface area (Å²) in [5.41, 5.74) is -0.621. The average Bonchev–Trinajstić information content (AvgIpc) is 3.34. The van der Waals surface area contributed by atoms with Crippen LogP contribution < -0.4 is 26.6 Å². The number of imide groups is 1. The number of ether oxygens (including phenoxy) is 1. The van der Waals surface area contributed by atoms with Gasteiger partial charge in [0, 0.05) is 30.5 Å². The van der Waals surface area contributed by atoms with Crippen LogP contribution in [0.2, 0.25) is 0 Å². The summed E-state index contributed by atoms with van der Waals surface area (Å²) in [5, 5.41) is 20.7. The molecule has 1 aromatic rings. The molecule has 7 amide bonds. The maximum Gasteiger partial charge on any atom is 0.329 e. The summed E-state index contributed by atoms with van der Waals surface area (Å²) < 4.78 is 4.71. The summed E-state index contributed by atoms with van der Waals surface area (Å²) in [7, 11) is 0. The van der Waals surface area contributed by atoms with E-state index in [-0.39, 0.29) is 31.5 Å². The van der Waals surface area contributed by atoms with Crippen molar-refractivity contribution in [3.05, 3.63) is 48.0 Å². The van der Waals surface area contributed by atoms with Crippen LogP contribution in [0, 0.1) is 10.8 Å². The van der Waals surface area contributed by atoms with Gasteiger partial charge < -0.3 is 36.4 Å². The zero-order valence-corrected chi connectivity index (χ0v) is 27.6. The van der Waals surface area contributed by atoms with Gasteiger partial charge in [0.05, 0.1) is 19.6 Å². The summed E-state index contributed by atoms with van der Waals surface area (Å²) in [6, 6.07) is 7.69. The lowest BCUT2D eigenvalue weighted by molar-refractivity contribution is -0.143. The molecule has 262 valence electrons. The Morgan fingerprint density at radius 1 is 0.792 bits per heavy atom. The van der Waals surface area contributed by atoms with Crippen LogP contribution in [0.15, 0.2) is 42.5 Å². The Bertz CT molecular complexity index is 1370. The number of benzene rings is 1. The monoisotopic (exact) mass is 672 g/mol. The number of carboxylic acid groups (broad SMARTS) is 1. The Labute approximate surface area is 278 Å². The smallest absolute Gasteiger partial charge is 0.329 e. The van der Waals surface area contributed by atoms with Gasteiger partial charge >= 0.3 is 5.97 Å². The van der Waals surface area contributed by atoms with Crippen LogP contribution >= 0.6 is 0 Å². The molecule has 2 rings (SSSR count). The zero-order valence-electron chi connectivity index (χ0n) is 27.6. The highest BCUT2D eigenvalue weighted by Crippen LogP contribution is 2.32. The number of carboxylic acids is 1. The number of amides is 7. The predicted molar refractivity (Wildman–Crippen MR) is 170 cm³/mol. The van der Waals surface area contributed by atoms with E-state index in [1.165, 1.54) is 12.2 Å². The molecule has 1 atom stereocenters. The highest BCUT2D eigenvalue weighted by Gasteiger charge is 2.34. The lowest BCUT2D eigenvalue weighted by Crippen LogP contribution is -2.52. The Morgan fingerprint density at radius 3 is 2.00 bits per heavy atom. The number of aliphatic carboxylic acids is 1. The Morgan fingerprint density at radius 2 is 1.38 bits per heavy atom. The Hall–Kier alpha value is -5.12. The summed E-state index contributed by atoms with van der Waals surface area (Å²) in [6.45, 7) is 5.09. The second-order valence-corrected chi connectivity index (χ2v) is 12.6. The van der Waals surface area contributed by atoms with Gasteiger partial charge in [-0.1, -0.05) is 58.0 Å². The molecule has 1 aliphatic rings. The number of rotatable bonds is 20. The molecule has 1 aliphatic heterocycles. The van der Waals surface area contributed by atoms with E-state index in [0.717, 1.165) is 10.5 Å². The Balaban J connectivity index is 1.82. The van der Waals surface area contributed by atoms with Gasteiger partial charge in [0.1, 0.15) is 19.4 Å². The molecule has 16 nitrogen and oxygen atoms in total. The third-order valence-corrected chi connectivity index (χ3v) is 7.34. The quantitative estimate of drug-likeness (QED) is 0.0562. The average molecular weight is 673 g/mol. The molecule has 16 heteroatoms. The molecule has 0 bridgehead atoms. The fourth-order valence-electron chi connectivity index (χ4n) is 4.43. The van der Waals surface area contributed by atoms with E-state index < -0.39 is 78.6 Å². The SMILES string of the molecule is CC(C)(CCC(C)(C)C(=O)NCC(=O)NCC(=O)N[C@@H](Cc1ccccc1)C(=O)NCC(=O)NCOCC(=O)O)CN1C(=O)C=CC1=O. The molecule has 0 aromatic heterocycles. The largest absolute Gasteiger partial charge is 0.480 e. The summed E-state index contributed by atoms with van der Waals surface area (Å²) >= 11 is 0. The number of carbonyl (C=O) groups excluding carboxylic acids is 7. The molecule has 0 unspecified atom stereocenters. The van der Waals surface area contributed by atoms with Crippen molar-refractivity contribution < 1.29 is 48.2 Å². The zero-order chi connectivity index (χ0) is 35.9. The van der Waals surface area contributed by atoms with Gasteiger partial charge in [0.25, 0.3) is 11.8 Å². The van der Waals surface area contributed by atoms with E-state index in [2.05, 4.69) is 26.6 Å². The molecule has 48 heavy (non-hydrogen) atoms. The second-order valence-electron chi connectivity index (χ2n) is 12.6. The lowest BCUT2D eigenvalue weighted by atomic mass is 9.78. The molecule has 0 fully saturated rings. The van der Waals surface area contributed by atoms with Crippen molar-refractivity contribution >= 4 is 47.3 Å². The van der Waals surface area contributed by atoms with E-state index in [1.54, 1.807) is 44.2 Å². The maximum atomic E-state index is 12.9. The van der Waals surface area contributed by atoms with Crippen molar-refractivity contribution in [2.24, 2.45) is 10.8 Å². The minimum absolute atomic E-state index is 0.0825. The molecule has 0 saturated heterocycles. The first-order valence-corrected chi connectivity index (χ1v) is 15.2. The standard InChI is InChI=1S/C32H44N6O10/c1-31(2,19-38-26(42)10-11-27(38)43)12-13-32(3,4)30(47)35-16-23(39)33-17-25(41)37-22(14-21-8-6-5-7-9-21)29(46)34-15-24(40)36-20-48-18-28(44)45/h5-11,22H,12-20H2,1-4H3,(H,33,39)(H,34,46)(H,35,47)(H,36,40)(H,37,41)(H,44,45)/t22-/m0/s1. The van der Waals surface area contributed by atoms with Crippen LogP contribution in [-0.4, -0.2) is 103 Å². The number of hydrogen-bond acceptors (Lipinski definition) is 9. The van der Waals surface area contributed by atoms with Gasteiger partial charge in [-0.05, 0) is 23.8 Å². The minimum atomic E-state index is -1.21. The fourth-order valence-corrected chi connectivity index (χ4v) is 4.43. The minimum Gasteiger partial charge on any atom is -0.480 e. The number of nitrogens with zero attached hydrogens (tertiary/aromatic N) is 1. The molecule has 0 saturated carbocycles. The van der Waals surface area contributed by atoms with Crippen molar-refractivity contribution in [1.82, 2.24) is 31.5 Å². The topological polar surface area (TPSA) is 229 Å². The number of hydrogen-bond donors (Lipinski definition) is 6. The molecular formula is C32H44N6O10. The van der Waals surface area contributed by atoms with Crippen molar-refractivity contribution in [3.8, 4) is 0 Å². The molecule has 1 heterocycles. The first kappa shape index (κ1) is 39.1.